The zero-order valence-electron chi connectivity index (χ0n) is 10.7. The molecule has 0 aromatic carbocycles. The Morgan fingerprint density at radius 1 is 1.74 bits per heavy atom. The third-order valence-electron chi connectivity index (χ3n) is 3.44. The maximum atomic E-state index is 12.4. The number of hydrogen-bond acceptors (Lipinski definition) is 3. The fraction of sp³-hybridized carbons (Fsp3) is 0.385. The highest BCUT2D eigenvalue weighted by Gasteiger charge is 2.47. The fourth-order valence-electron chi connectivity index (χ4n) is 2.24. The van der Waals surface area contributed by atoms with Crippen LogP contribution in [0.2, 0.25) is 0 Å². The van der Waals surface area contributed by atoms with Crippen molar-refractivity contribution in [1.29, 1.82) is 5.41 Å². The summed E-state index contributed by atoms with van der Waals surface area (Å²) in [6.07, 6.45) is 5.74. The highest BCUT2D eigenvalue weighted by atomic mass is 79.9. The van der Waals surface area contributed by atoms with E-state index in [1.54, 1.807) is 18.4 Å². The minimum atomic E-state index is -0.635. The Morgan fingerprint density at radius 2 is 2.42 bits per heavy atom. The molecular weight excluding hydrogens is 326 g/mol. The molecule has 1 fully saturated rings. The number of rotatable bonds is 2. The molecule has 1 saturated heterocycles. The average Bonchev–Trinajstić information content (AvgIpc) is 2.79. The Morgan fingerprint density at radius 3 is 2.95 bits per heavy atom. The van der Waals surface area contributed by atoms with Crippen molar-refractivity contribution < 1.29 is 4.79 Å². The van der Waals surface area contributed by atoms with Crippen LogP contribution in [0.4, 0.5) is 0 Å². The van der Waals surface area contributed by atoms with E-state index in [9.17, 15) is 4.79 Å². The van der Waals surface area contributed by atoms with Crippen molar-refractivity contribution >= 4 is 39.1 Å². The number of terminal acetylenes is 1. The lowest BCUT2D eigenvalue weighted by atomic mass is 9.79. The van der Waals surface area contributed by atoms with Gasteiger partial charge in [-0.05, 0) is 28.9 Å². The van der Waals surface area contributed by atoms with Crippen molar-refractivity contribution in [3.05, 3.63) is 20.8 Å². The predicted octanol–water partition coefficient (Wildman–Crippen LogP) is 2.36. The molecule has 2 N–H and O–H groups in total. The van der Waals surface area contributed by atoms with Gasteiger partial charge in [-0.25, -0.2) is 0 Å². The number of carbonyl (C=O) groups excluding carboxylic acids is 1. The normalized spacial score (nSPS) is 27.1. The lowest BCUT2D eigenvalue weighted by molar-refractivity contribution is -0.135. The van der Waals surface area contributed by atoms with Gasteiger partial charge in [0.15, 0.2) is 5.96 Å². The van der Waals surface area contributed by atoms with Crippen molar-refractivity contribution in [1.82, 2.24) is 10.2 Å². The van der Waals surface area contributed by atoms with Gasteiger partial charge in [-0.2, -0.15) is 0 Å². The second kappa shape index (κ2) is 4.99. The summed E-state index contributed by atoms with van der Waals surface area (Å²) in [5, 5.41) is 13.0. The molecule has 0 saturated carbocycles. The average molecular weight is 340 g/mol. The lowest BCUT2D eigenvalue weighted by Gasteiger charge is -2.44. The Labute approximate surface area is 124 Å². The smallest absolute Gasteiger partial charge is 0.235 e. The monoisotopic (exact) mass is 339 g/mol. The maximum absolute atomic E-state index is 12.4. The van der Waals surface area contributed by atoms with Gasteiger partial charge in [-0.1, -0.05) is 0 Å². The van der Waals surface area contributed by atoms with Gasteiger partial charge < -0.3 is 5.32 Å². The summed E-state index contributed by atoms with van der Waals surface area (Å²) in [5.41, 5.74) is -0.635. The molecule has 4 nitrogen and oxygen atoms in total. The van der Waals surface area contributed by atoms with E-state index in [2.05, 4.69) is 27.2 Å². The molecule has 1 aliphatic heterocycles. The van der Waals surface area contributed by atoms with Gasteiger partial charge in [0.2, 0.25) is 5.91 Å². The molecule has 0 aliphatic carbocycles. The van der Waals surface area contributed by atoms with Crippen LogP contribution >= 0.6 is 27.3 Å². The molecule has 2 heterocycles. The van der Waals surface area contributed by atoms with Gasteiger partial charge in [0, 0.05) is 28.2 Å². The van der Waals surface area contributed by atoms with Crippen LogP contribution in [0, 0.1) is 23.7 Å². The Bertz CT molecular complexity index is 577. The molecular formula is C13H14BrN3OS. The number of nitrogens with zero attached hydrogens (tertiary/aromatic N) is 1. The molecule has 0 bridgehead atoms. The van der Waals surface area contributed by atoms with Crippen LogP contribution in [0.15, 0.2) is 15.9 Å². The number of guanidine groups is 1. The number of nitrogens with one attached hydrogen (secondary N) is 2. The SMILES string of the molecule is C#CC[C@H]1C(=O)N(C)C(=N)N[C@]1(C)c1cc(Br)cs1. The second-order valence-corrected chi connectivity index (χ2v) is 6.49. The number of thiophene rings is 1. The minimum Gasteiger partial charge on any atom is -0.345 e. The molecule has 2 rings (SSSR count). The topological polar surface area (TPSA) is 56.2 Å². The number of hydrogen-bond donors (Lipinski definition) is 2. The third kappa shape index (κ3) is 2.28. The molecule has 6 heteroatoms. The van der Waals surface area contributed by atoms with E-state index >= 15 is 0 Å². The van der Waals surface area contributed by atoms with Crippen LogP contribution < -0.4 is 5.32 Å². The Hall–Kier alpha value is -1.32. The van der Waals surface area contributed by atoms with E-state index < -0.39 is 5.54 Å². The molecule has 0 unspecified atom stereocenters. The summed E-state index contributed by atoms with van der Waals surface area (Å²) in [5.74, 6) is 2.18. The lowest BCUT2D eigenvalue weighted by Crippen LogP contribution is -2.63. The van der Waals surface area contributed by atoms with E-state index in [0.717, 1.165) is 9.35 Å². The van der Waals surface area contributed by atoms with Gasteiger partial charge in [-0.15, -0.1) is 23.7 Å². The largest absolute Gasteiger partial charge is 0.345 e. The first kappa shape index (κ1) is 14.1. The standard InChI is InChI=1S/C13H14BrN3OS/c1-4-5-9-11(18)17(3)12(15)16-13(9,2)10-6-8(14)7-19-10/h1,6-7,9H,5H2,2-3H3,(H2,15,16)/t9-,13-/m0/s1. The predicted molar refractivity (Wildman–Crippen MR) is 79.9 cm³/mol. The summed E-state index contributed by atoms with van der Waals surface area (Å²) in [4.78, 5) is 14.7. The molecule has 100 valence electrons. The van der Waals surface area contributed by atoms with Gasteiger partial charge in [0.25, 0.3) is 0 Å². The third-order valence-corrected chi connectivity index (χ3v) is 5.37. The maximum Gasteiger partial charge on any atom is 0.235 e. The number of halogens is 1. The van der Waals surface area contributed by atoms with E-state index in [4.69, 9.17) is 11.8 Å². The molecule has 1 aliphatic rings. The zero-order valence-corrected chi connectivity index (χ0v) is 13.1. The van der Waals surface area contributed by atoms with E-state index in [0.29, 0.717) is 6.42 Å². The second-order valence-electron chi connectivity index (χ2n) is 4.66. The fourth-order valence-corrected chi connectivity index (χ4v) is 3.84. The summed E-state index contributed by atoms with van der Waals surface area (Å²) in [6, 6.07) is 1.97. The first-order chi connectivity index (χ1) is 8.90. The summed E-state index contributed by atoms with van der Waals surface area (Å²) >= 11 is 4.96. The van der Waals surface area contributed by atoms with Crippen LogP contribution in [-0.2, 0) is 10.3 Å². The van der Waals surface area contributed by atoms with Crippen molar-refractivity contribution in [3.8, 4) is 12.3 Å². The molecule has 19 heavy (non-hydrogen) atoms. The molecule has 1 aromatic heterocycles. The van der Waals surface area contributed by atoms with Crippen LogP contribution in [0.25, 0.3) is 0 Å². The van der Waals surface area contributed by atoms with Crippen LogP contribution in [0.5, 0.6) is 0 Å². The van der Waals surface area contributed by atoms with Crippen LogP contribution in [-0.4, -0.2) is 23.8 Å². The highest BCUT2D eigenvalue weighted by Crippen LogP contribution is 2.39. The van der Waals surface area contributed by atoms with Crippen LogP contribution in [0.3, 0.4) is 0 Å². The summed E-state index contributed by atoms with van der Waals surface area (Å²) < 4.78 is 0.966. The zero-order chi connectivity index (χ0) is 14.2. The quantitative estimate of drug-likeness (QED) is 0.812. The van der Waals surface area contributed by atoms with E-state index in [-0.39, 0.29) is 17.8 Å². The molecule has 1 amide bonds. The number of carbonyl (C=O) groups is 1. The minimum absolute atomic E-state index is 0.102. The Balaban J connectivity index is 2.48. The van der Waals surface area contributed by atoms with E-state index in [1.165, 1.54) is 4.90 Å². The van der Waals surface area contributed by atoms with Gasteiger partial charge in [-0.3, -0.25) is 15.1 Å². The highest BCUT2D eigenvalue weighted by molar-refractivity contribution is 9.10. The van der Waals surface area contributed by atoms with Crippen LogP contribution in [0.1, 0.15) is 18.2 Å². The Kier molecular flexibility index (Phi) is 3.70. The molecule has 0 spiro atoms. The first-order valence-electron chi connectivity index (χ1n) is 5.72. The summed E-state index contributed by atoms with van der Waals surface area (Å²) in [7, 11) is 1.59. The molecule has 1 aromatic rings. The van der Waals surface area contributed by atoms with Crippen molar-refractivity contribution in [2.24, 2.45) is 5.92 Å². The molecule has 0 radical (unpaired) electrons. The van der Waals surface area contributed by atoms with Gasteiger partial charge in [0.05, 0.1) is 11.5 Å². The van der Waals surface area contributed by atoms with Crippen molar-refractivity contribution in [2.75, 3.05) is 7.05 Å². The van der Waals surface area contributed by atoms with Crippen molar-refractivity contribution in [2.45, 2.75) is 18.9 Å². The number of amides is 1. The van der Waals surface area contributed by atoms with Gasteiger partial charge >= 0.3 is 0 Å². The van der Waals surface area contributed by atoms with Gasteiger partial charge in [0.1, 0.15) is 0 Å². The van der Waals surface area contributed by atoms with E-state index in [1.807, 2.05) is 18.4 Å². The summed E-state index contributed by atoms with van der Waals surface area (Å²) in [6.45, 7) is 1.92. The first-order valence-corrected chi connectivity index (χ1v) is 7.39. The van der Waals surface area contributed by atoms with Crippen molar-refractivity contribution in [3.63, 3.8) is 0 Å². The molecule has 2 atom stereocenters.